The number of carbonyl (C=O) groups excluding carboxylic acids is 1. The van der Waals surface area contributed by atoms with Crippen LogP contribution in [0.5, 0.6) is 0 Å². The van der Waals surface area contributed by atoms with Crippen LogP contribution in [0, 0.1) is 6.92 Å². The lowest BCUT2D eigenvalue weighted by atomic mass is 10.2. The van der Waals surface area contributed by atoms with Crippen molar-refractivity contribution < 1.29 is 4.79 Å². The fourth-order valence-corrected chi connectivity index (χ4v) is 3.39. The highest BCUT2D eigenvalue weighted by Gasteiger charge is 2.12. The van der Waals surface area contributed by atoms with Gasteiger partial charge >= 0.3 is 0 Å². The van der Waals surface area contributed by atoms with Gasteiger partial charge in [-0.3, -0.25) is 9.78 Å². The van der Waals surface area contributed by atoms with Crippen LogP contribution >= 0.6 is 27.3 Å². The van der Waals surface area contributed by atoms with Gasteiger partial charge in [0, 0.05) is 12.4 Å². The Hall–Kier alpha value is -1.79. The van der Waals surface area contributed by atoms with Crippen LogP contribution in [0.1, 0.15) is 15.4 Å². The van der Waals surface area contributed by atoms with Crippen LogP contribution in [-0.4, -0.2) is 15.9 Å². The third kappa shape index (κ3) is 2.44. The highest BCUT2D eigenvalue weighted by atomic mass is 79.9. The van der Waals surface area contributed by atoms with Crippen LogP contribution in [0.2, 0.25) is 0 Å². The lowest BCUT2D eigenvalue weighted by molar-refractivity contribution is 0.102. The number of aryl methyl sites for hydroxylation is 1. The van der Waals surface area contributed by atoms with Crippen molar-refractivity contribution in [3.8, 4) is 0 Å². The van der Waals surface area contributed by atoms with Crippen molar-refractivity contribution in [1.29, 1.82) is 0 Å². The Balaban J connectivity index is 1.95. The van der Waals surface area contributed by atoms with Crippen molar-refractivity contribution in [2.45, 2.75) is 6.92 Å². The Bertz CT molecular complexity index is 786. The third-order valence-electron chi connectivity index (χ3n) is 2.78. The van der Waals surface area contributed by atoms with Gasteiger partial charge in [-0.05, 0) is 47.1 Å². The molecule has 3 aromatic rings. The molecule has 2 aromatic heterocycles. The molecule has 0 saturated carbocycles. The normalized spacial score (nSPS) is 10.7. The molecule has 1 amide bonds. The lowest BCUT2D eigenvalue weighted by Crippen LogP contribution is -2.12. The van der Waals surface area contributed by atoms with Crippen molar-refractivity contribution in [3.63, 3.8) is 0 Å². The molecular formula is C14H10BrN3OS. The zero-order valence-electron chi connectivity index (χ0n) is 10.6. The molecule has 0 radical (unpaired) electrons. The smallest absolute Gasteiger partial charge is 0.257 e. The number of anilines is 1. The monoisotopic (exact) mass is 347 g/mol. The predicted molar refractivity (Wildman–Crippen MR) is 84.2 cm³/mol. The quantitative estimate of drug-likeness (QED) is 0.761. The average molecular weight is 348 g/mol. The first-order valence-corrected chi connectivity index (χ1v) is 7.53. The first kappa shape index (κ1) is 13.2. The maximum atomic E-state index is 12.1. The topological polar surface area (TPSA) is 54.9 Å². The molecule has 1 N–H and O–H groups in total. The number of carbonyl (C=O) groups is 1. The number of benzene rings is 1. The molecule has 0 spiro atoms. The zero-order valence-corrected chi connectivity index (χ0v) is 13.0. The van der Waals surface area contributed by atoms with E-state index in [1.807, 2.05) is 19.1 Å². The second-order valence-electron chi connectivity index (χ2n) is 4.20. The molecule has 0 unspecified atom stereocenters. The van der Waals surface area contributed by atoms with Gasteiger partial charge in [0.25, 0.3) is 5.91 Å². The number of rotatable bonds is 2. The molecule has 0 atom stereocenters. The highest BCUT2D eigenvalue weighted by Crippen LogP contribution is 2.35. The molecule has 1 aromatic carbocycles. The number of fused-ring (bicyclic) bond motifs is 1. The van der Waals surface area contributed by atoms with E-state index >= 15 is 0 Å². The average Bonchev–Trinajstić information content (AvgIpc) is 2.84. The summed E-state index contributed by atoms with van der Waals surface area (Å²) >= 11 is 5.13. The Morgan fingerprint density at radius 3 is 2.95 bits per heavy atom. The van der Waals surface area contributed by atoms with E-state index in [1.165, 1.54) is 0 Å². The number of nitrogens with one attached hydrogen (secondary N) is 1. The van der Waals surface area contributed by atoms with Gasteiger partial charge in [0.05, 0.1) is 30.9 Å². The van der Waals surface area contributed by atoms with Gasteiger partial charge < -0.3 is 5.32 Å². The number of thiazole rings is 1. The molecule has 0 aliphatic rings. The fourth-order valence-electron chi connectivity index (χ4n) is 1.86. The summed E-state index contributed by atoms with van der Waals surface area (Å²) in [5, 5.41) is 3.88. The van der Waals surface area contributed by atoms with E-state index in [2.05, 4.69) is 31.2 Å². The maximum Gasteiger partial charge on any atom is 0.257 e. The number of nitrogens with zero attached hydrogens (tertiary/aromatic N) is 2. The minimum absolute atomic E-state index is 0.181. The summed E-state index contributed by atoms with van der Waals surface area (Å²) in [6.45, 7) is 1.96. The molecule has 0 aliphatic carbocycles. The molecule has 20 heavy (non-hydrogen) atoms. The summed E-state index contributed by atoms with van der Waals surface area (Å²) in [4.78, 5) is 20.5. The second kappa shape index (κ2) is 5.30. The summed E-state index contributed by atoms with van der Waals surface area (Å²) in [6, 6.07) is 7.22. The van der Waals surface area contributed by atoms with E-state index in [0.717, 1.165) is 25.4 Å². The van der Waals surface area contributed by atoms with E-state index < -0.39 is 0 Å². The Kier molecular flexibility index (Phi) is 3.50. The van der Waals surface area contributed by atoms with Crippen LogP contribution in [-0.2, 0) is 0 Å². The number of pyridine rings is 1. The minimum Gasteiger partial charge on any atom is -0.321 e. The van der Waals surface area contributed by atoms with Crippen molar-refractivity contribution in [2.75, 3.05) is 5.32 Å². The van der Waals surface area contributed by atoms with Gasteiger partial charge in [-0.15, -0.1) is 11.3 Å². The molecule has 4 nitrogen and oxygen atoms in total. The van der Waals surface area contributed by atoms with Crippen molar-refractivity contribution in [2.24, 2.45) is 0 Å². The number of hydrogen-bond donors (Lipinski definition) is 1. The fraction of sp³-hybridized carbons (Fsp3) is 0.0714. The van der Waals surface area contributed by atoms with Crippen molar-refractivity contribution >= 4 is 49.1 Å². The molecule has 0 bridgehead atoms. The van der Waals surface area contributed by atoms with Crippen LogP contribution in [0.25, 0.3) is 10.2 Å². The standard InChI is InChI=1S/C14H10BrN3OS/c1-8-17-11-5-4-10(12(15)13(11)20-8)18-14(19)9-3-2-6-16-7-9/h2-7H,1H3,(H,18,19). The second-order valence-corrected chi connectivity index (χ2v) is 6.20. The Labute approximate surface area is 128 Å². The van der Waals surface area contributed by atoms with Crippen molar-refractivity contribution in [1.82, 2.24) is 9.97 Å². The molecule has 2 heterocycles. The molecular weight excluding hydrogens is 338 g/mol. The number of aromatic nitrogens is 2. The molecule has 0 fully saturated rings. The number of amides is 1. The summed E-state index contributed by atoms with van der Waals surface area (Å²) in [5.74, 6) is -0.181. The third-order valence-corrected chi connectivity index (χ3v) is 4.87. The first-order valence-electron chi connectivity index (χ1n) is 5.92. The SMILES string of the molecule is Cc1nc2ccc(NC(=O)c3cccnc3)c(Br)c2s1. The van der Waals surface area contributed by atoms with Gasteiger partial charge in [0.1, 0.15) is 0 Å². The van der Waals surface area contributed by atoms with Gasteiger partial charge in [-0.25, -0.2) is 4.98 Å². The Morgan fingerprint density at radius 1 is 1.35 bits per heavy atom. The van der Waals surface area contributed by atoms with Gasteiger partial charge in [0.15, 0.2) is 0 Å². The number of halogens is 1. The molecule has 0 aliphatic heterocycles. The first-order chi connectivity index (χ1) is 9.65. The lowest BCUT2D eigenvalue weighted by Gasteiger charge is -2.07. The molecule has 3 rings (SSSR count). The van der Waals surface area contributed by atoms with E-state index in [9.17, 15) is 4.79 Å². The summed E-state index contributed by atoms with van der Waals surface area (Å²) in [5.41, 5.74) is 2.19. The summed E-state index contributed by atoms with van der Waals surface area (Å²) in [6.07, 6.45) is 3.18. The summed E-state index contributed by atoms with van der Waals surface area (Å²) < 4.78 is 1.89. The maximum absolute atomic E-state index is 12.1. The van der Waals surface area contributed by atoms with Crippen LogP contribution in [0.4, 0.5) is 5.69 Å². The molecule has 0 saturated heterocycles. The van der Waals surface area contributed by atoms with Crippen LogP contribution in [0.3, 0.4) is 0 Å². The van der Waals surface area contributed by atoms with Crippen LogP contribution in [0.15, 0.2) is 41.1 Å². The summed E-state index contributed by atoms with van der Waals surface area (Å²) in [7, 11) is 0. The van der Waals surface area contributed by atoms with Gasteiger partial charge in [-0.1, -0.05) is 0 Å². The highest BCUT2D eigenvalue weighted by molar-refractivity contribution is 9.10. The van der Waals surface area contributed by atoms with Crippen LogP contribution < -0.4 is 5.32 Å². The minimum atomic E-state index is -0.181. The van der Waals surface area contributed by atoms with E-state index in [1.54, 1.807) is 35.9 Å². The molecule has 100 valence electrons. The Morgan fingerprint density at radius 2 is 2.20 bits per heavy atom. The molecule has 6 heteroatoms. The largest absolute Gasteiger partial charge is 0.321 e. The van der Waals surface area contributed by atoms with E-state index in [4.69, 9.17) is 0 Å². The van der Waals surface area contributed by atoms with E-state index in [-0.39, 0.29) is 5.91 Å². The van der Waals surface area contributed by atoms with E-state index in [0.29, 0.717) is 5.56 Å². The van der Waals surface area contributed by atoms with Gasteiger partial charge in [0.2, 0.25) is 0 Å². The zero-order chi connectivity index (χ0) is 14.1. The predicted octanol–water partition coefficient (Wildman–Crippen LogP) is 4.01. The van der Waals surface area contributed by atoms with Gasteiger partial charge in [-0.2, -0.15) is 0 Å². The van der Waals surface area contributed by atoms with Crippen molar-refractivity contribution in [3.05, 3.63) is 51.7 Å². The number of hydrogen-bond acceptors (Lipinski definition) is 4.